The fourth-order valence-corrected chi connectivity index (χ4v) is 2.98. The van der Waals surface area contributed by atoms with E-state index in [-0.39, 0.29) is 11.8 Å². The fraction of sp³-hybridized carbons (Fsp3) is 0.316. The van der Waals surface area contributed by atoms with Gasteiger partial charge in [-0.15, -0.1) is 0 Å². The average molecular weight is 294 g/mol. The van der Waals surface area contributed by atoms with Crippen molar-refractivity contribution in [3.8, 4) is 0 Å². The van der Waals surface area contributed by atoms with E-state index in [1.165, 1.54) is 0 Å². The predicted molar refractivity (Wildman–Crippen MR) is 90.7 cm³/mol. The quantitative estimate of drug-likeness (QED) is 0.822. The third-order valence-corrected chi connectivity index (χ3v) is 4.15. The molecule has 0 bridgehead atoms. The van der Waals surface area contributed by atoms with Crippen molar-refractivity contribution in [1.29, 1.82) is 0 Å². The number of carbonyl (C=O) groups excluding carboxylic acids is 1. The third kappa shape index (κ3) is 2.84. The number of amides is 1. The molecule has 0 saturated carbocycles. The molecule has 1 amide bonds. The molecule has 1 aliphatic heterocycles. The molecule has 1 unspecified atom stereocenters. The van der Waals surface area contributed by atoms with E-state index in [0.29, 0.717) is 0 Å². The Labute approximate surface area is 132 Å². The topological polar surface area (TPSA) is 23.6 Å². The van der Waals surface area contributed by atoms with Crippen molar-refractivity contribution in [3.63, 3.8) is 0 Å². The van der Waals surface area contributed by atoms with Crippen LogP contribution in [0.5, 0.6) is 0 Å². The second kappa shape index (κ2) is 6.65. The summed E-state index contributed by atoms with van der Waals surface area (Å²) in [6.07, 6.45) is 3.18. The summed E-state index contributed by atoms with van der Waals surface area (Å²) in [5, 5.41) is 3.95. The molecule has 2 aromatic carbocycles. The van der Waals surface area contributed by atoms with Crippen LogP contribution in [0, 0.1) is 5.92 Å². The van der Waals surface area contributed by atoms with E-state index in [4.69, 9.17) is 0 Å². The van der Waals surface area contributed by atoms with Gasteiger partial charge in [-0.1, -0.05) is 56.2 Å². The molecule has 1 heterocycles. The molecule has 1 atom stereocenters. The van der Waals surface area contributed by atoms with Crippen LogP contribution in [0.3, 0.4) is 0 Å². The lowest BCUT2D eigenvalue weighted by Crippen LogP contribution is -2.39. The standard InChI is InChI=1S/C19H22N2O/c1-2-3-10-16-15-20(17-11-6-4-7-12-17)21(19(16)22)18-13-8-5-9-14-18/h4-9,11-14,16H,2-3,10,15H2,1H3. The number of carbonyl (C=O) groups is 1. The predicted octanol–water partition coefficient (Wildman–Crippen LogP) is 4.26. The van der Waals surface area contributed by atoms with Gasteiger partial charge in [0.15, 0.2) is 0 Å². The summed E-state index contributed by atoms with van der Waals surface area (Å²) in [5.41, 5.74) is 2.01. The minimum atomic E-state index is 0.0837. The highest BCUT2D eigenvalue weighted by molar-refractivity contribution is 6.00. The minimum Gasteiger partial charge on any atom is -0.278 e. The number of hydrogen-bond acceptors (Lipinski definition) is 2. The Bertz CT molecular complexity index is 612. The van der Waals surface area contributed by atoms with E-state index in [1.54, 1.807) is 0 Å². The number of benzene rings is 2. The Balaban J connectivity index is 1.93. The van der Waals surface area contributed by atoms with Crippen molar-refractivity contribution in [2.45, 2.75) is 26.2 Å². The van der Waals surface area contributed by atoms with Gasteiger partial charge in [0, 0.05) is 0 Å². The number of anilines is 2. The fourth-order valence-electron chi connectivity index (χ4n) is 2.98. The van der Waals surface area contributed by atoms with Crippen LogP contribution in [0.15, 0.2) is 60.7 Å². The highest BCUT2D eigenvalue weighted by Gasteiger charge is 2.38. The summed E-state index contributed by atoms with van der Waals surface area (Å²) in [6, 6.07) is 20.1. The first kappa shape index (κ1) is 14.6. The SMILES string of the molecule is CCCCC1CN(c2ccccc2)N(c2ccccc2)C1=O. The molecule has 0 spiro atoms. The van der Waals surface area contributed by atoms with Crippen molar-refractivity contribution in [3.05, 3.63) is 60.7 Å². The molecule has 0 aromatic heterocycles. The van der Waals surface area contributed by atoms with E-state index in [1.807, 2.05) is 53.5 Å². The van der Waals surface area contributed by atoms with Crippen LogP contribution in [-0.4, -0.2) is 12.5 Å². The highest BCUT2D eigenvalue weighted by Crippen LogP contribution is 2.32. The monoisotopic (exact) mass is 294 g/mol. The molecule has 1 aliphatic rings. The Hall–Kier alpha value is -2.29. The molecule has 3 nitrogen and oxygen atoms in total. The molecule has 3 rings (SSSR count). The van der Waals surface area contributed by atoms with E-state index < -0.39 is 0 Å². The van der Waals surface area contributed by atoms with Gasteiger partial charge in [0.05, 0.1) is 23.8 Å². The smallest absolute Gasteiger partial charge is 0.250 e. The van der Waals surface area contributed by atoms with Crippen molar-refractivity contribution in [2.75, 3.05) is 16.6 Å². The van der Waals surface area contributed by atoms with Gasteiger partial charge in [-0.05, 0) is 30.7 Å². The number of hydrogen-bond donors (Lipinski definition) is 0. The van der Waals surface area contributed by atoms with Gasteiger partial charge in [0.1, 0.15) is 0 Å². The van der Waals surface area contributed by atoms with Gasteiger partial charge < -0.3 is 0 Å². The van der Waals surface area contributed by atoms with Crippen LogP contribution in [-0.2, 0) is 4.79 Å². The minimum absolute atomic E-state index is 0.0837. The largest absolute Gasteiger partial charge is 0.278 e. The Morgan fingerprint density at radius 1 is 0.955 bits per heavy atom. The Morgan fingerprint density at radius 3 is 2.14 bits per heavy atom. The highest BCUT2D eigenvalue weighted by atomic mass is 16.2. The molecule has 1 fully saturated rings. The molecule has 0 radical (unpaired) electrons. The molecule has 0 N–H and O–H groups in total. The molecule has 2 aromatic rings. The summed E-state index contributed by atoms with van der Waals surface area (Å²) < 4.78 is 0. The number of para-hydroxylation sites is 2. The second-order valence-electron chi connectivity index (χ2n) is 5.74. The van der Waals surface area contributed by atoms with Gasteiger partial charge in [0.25, 0.3) is 5.91 Å². The van der Waals surface area contributed by atoms with Gasteiger partial charge in [-0.25, -0.2) is 5.01 Å². The molecular formula is C19H22N2O. The van der Waals surface area contributed by atoms with E-state index >= 15 is 0 Å². The van der Waals surface area contributed by atoms with Crippen LogP contribution in [0.4, 0.5) is 11.4 Å². The van der Waals surface area contributed by atoms with Crippen LogP contribution < -0.4 is 10.0 Å². The molecule has 3 heteroatoms. The molecular weight excluding hydrogens is 272 g/mol. The van der Waals surface area contributed by atoms with Crippen molar-refractivity contribution >= 4 is 17.3 Å². The van der Waals surface area contributed by atoms with Crippen molar-refractivity contribution in [1.82, 2.24) is 0 Å². The molecule has 22 heavy (non-hydrogen) atoms. The van der Waals surface area contributed by atoms with Crippen molar-refractivity contribution < 1.29 is 4.79 Å². The zero-order chi connectivity index (χ0) is 15.4. The first-order chi connectivity index (χ1) is 10.8. The number of nitrogens with zero attached hydrogens (tertiary/aromatic N) is 2. The van der Waals surface area contributed by atoms with Crippen LogP contribution >= 0.6 is 0 Å². The van der Waals surface area contributed by atoms with E-state index in [2.05, 4.69) is 24.1 Å². The maximum atomic E-state index is 12.9. The maximum Gasteiger partial charge on any atom is 0.250 e. The summed E-state index contributed by atoms with van der Waals surface area (Å²) >= 11 is 0. The third-order valence-electron chi connectivity index (χ3n) is 4.15. The summed E-state index contributed by atoms with van der Waals surface area (Å²) in [6.45, 7) is 2.93. The summed E-state index contributed by atoms with van der Waals surface area (Å²) in [4.78, 5) is 12.9. The van der Waals surface area contributed by atoms with E-state index in [0.717, 1.165) is 37.2 Å². The summed E-state index contributed by atoms with van der Waals surface area (Å²) in [7, 11) is 0. The first-order valence-electron chi connectivity index (χ1n) is 8.02. The molecule has 114 valence electrons. The van der Waals surface area contributed by atoms with Gasteiger partial charge in [-0.2, -0.15) is 0 Å². The van der Waals surface area contributed by atoms with Gasteiger partial charge >= 0.3 is 0 Å². The maximum absolute atomic E-state index is 12.9. The number of unbranched alkanes of at least 4 members (excludes halogenated alkanes) is 1. The zero-order valence-electron chi connectivity index (χ0n) is 13.0. The van der Waals surface area contributed by atoms with Gasteiger partial charge in [0.2, 0.25) is 0 Å². The molecule has 1 saturated heterocycles. The lowest BCUT2D eigenvalue weighted by atomic mass is 10.0. The summed E-state index contributed by atoms with van der Waals surface area (Å²) in [5.74, 6) is 0.295. The lowest BCUT2D eigenvalue weighted by Gasteiger charge is -2.29. The average Bonchev–Trinajstić information content (AvgIpc) is 2.91. The zero-order valence-corrected chi connectivity index (χ0v) is 13.0. The first-order valence-corrected chi connectivity index (χ1v) is 8.02. The second-order valence-corrected chi connectivity index (χ2v) is 5.74. The molecule has 0 aliphatic carbocycles. The number of rotatable bonds is 5. The lowest BCUT2D eigenvalue weighted by molar-refractivity contribution is -0.120. The van der Waals surface area contributed by atoms with Crippen LogP contribution in [0.25, 0.3) is 0 Å². The van der Waals surface area contributed by atoms with Crippen LogP contribution in [0.1, 0.15) is 26.2 Å². The van der Waals surface area contributed by atoms with Crippen molar-refractivity contribution in [2.24, 2.45) is 5.92 Å². The number of hydrazine groups is 1. The van der Waals surface area contributed by atoms with Crippen LogP contribution in [0.2, 0.25) is 0 Å². The normalized spacial score (nSPS) is 18.0. The van der Waals surface area contributed by atoms with E-state index in [9.17, 15) is 4.79 Å². The Kier molecular flexibility index (Phi) is 4.42. The van der Waals surface area contributed by atoms with Gasteiger partial charge in [-0.3, -0.25) is 9.80 Å². The Morgan fingerprint density at radius 2 is 1.55 bits per heavy atom.